The van der Waals surface area contributed by atoms with Gasteiger partial charge in [-0.1, -0.05) is 13.0 Å². The quantitative estimate of drug-likeness (QED) is 0.715. The Kier molecular flexibility index (Phi) is 2.09. The van der Waals surface area contributed by atoms with Gasteiger partial charge in [0, 0.05) is 6.20 Å². The van der Waals surface area contributed by atoms with E-state index in [0.29, 0.717) is 6.04 Å². The number of hydrogen-bond donors (Lipinski definition) is 1. The molecule has 0 spiro atoms. The Labute approximate surface area is 73.0 Å². The van der Waals surface area contributed by atoms with Gasteiger partial charge >= 0.3 is 0 Å². The van der Waals surface area contributed by atoms with Gasteiger partial charge in [0.1, 0.15) is 0 Å². The van der Waals surface area contributed by atoms with Crippen molar-refractivity contribution in [1.82, 2.24) is 10.3 Å². The lowest BCUT2D eigenvalue weighted by Crippen LogP contribution is -2.36. The standard InChI is InChI=1S/C10H14N2/c1-2-8-4-3-6-12-10(8)9-5-7-11-9/h3-4,6,9,11H,2,5,7H2,1H3/t9-/m1/s1. The van der Waals surface area contributed by atoms with Crippen LogP contribution >= 0.6 is 0 Å². The van der Waals surface area contributed by atoms with Crippen molar-refractivity contribution in [2.24, 2.45) is 0 Å². The minimum absolute atomic E-state index is 0.529. The van der Waals surface area contributed by atoms with E-state index in [4.69, 9.17) is 0 Å². The summed E-state index contributed by atoms with van der Waals surface area (Å²) < 4.78 is 0. The molecule has 64 valence electrons. The van der Waals surface area contributed by atoms with Gasteiger partial charge in [-0.25, -0.2) is 0 Å². The van der Waals surface area contributed by atoms with Gasteiger partial charge in [-0.05, 0) is 31.0 Å². The molecule has 1 fully saturated rings. The van der Waals surface area contributed by atoms with Crippen LogP contribution in [0.25, 0.3) is 0 Å². The summed E-state index contributed by atoms with van der Waals surface area (Å²) in [6.45, 7) is 3.32. The lowest BCUT2D eigenvalue weighted by atomic mass is 9.98. The Morgan fingerprint density at radius 3 is 3.08 bits per heavy atom. The van der Waals surface area contributed by atoms with E-state index < -0.39 is 0 Å². The number of aryl methyl sites for hydroxylation is 1. The van der Waals surface area contributed by atoms with Gasteiger partial charge < -0.3 is 5.32 Å². The Hall–Kier alpha value is -0.890. The molecule has 12 heavy (non-hydrogen) atoms. The van der Waals surface area contributed by atoms with Crippen molar-refractivity contribution in [2.45, 2.75) is 25.8 Å². The SMILES string of the molecule is CCc1cccnc1[C@H]1CCN1. The van der Waals surface area contributed by atoms with Gasteiger partial charge in [0.2, 0.25) is 0 Å². The highest BCUT2D eigenvalue weighted by Crippen LogP contribution is 2.23. The van der Waals surface area contributed by atoms with Crippen LogP contribution in [0.1, 0.15) is 30.6 Å². The van der Waals surface area contributed by atoms with Gasteiger partial charge in [-0.3, -0.25) is 4.98 Å². The first-order valence-electron chi connectivity index (χ1n) is 4.59. The summed E-state index contributed by atoms with van der Waals surface area (Å²) in [6, 6.07) is 4.71. The highest BCUT2D eigenvalue weighted by atomic mass is 15.0. The molecular formula is C10H14N2. The van der Waals surface area contributed by atoms with Crippen molar-refractivity contribution in [1.29, 1.82) is 0 Å². The lowest BCUT2D eigenvalue weighted by molar-refractivity contribution is 0.373. The summed E-state index contributed by atoms with van der Waals surface area (Å²) in [5.74, 6) is 0. The minimum Gasteiger partial charge on any atom is -0.309 e. The van der Waals surface area contributed by atoms with Crippen LogP contribution < -0.4 is 5.32 Å². The summed E-state index contributed by atoms with van der Waals surface area (Å²) in [4.78, 5) is 4.41. The molecule has 0 unspecified atom stereocenters. The molecule has 0 saturated carbocycles. The maximum atomic E-state index is 4.41. The van der Waals surface area contributed by atoms with Crippen LogP contribution in [0.15, 0.2) is 18.3 Å². The zero-order chi connectivity index (χ0) is 8.39. The first kappa shape index (κ1) is 7.74. The number of rotatable bonds is 2. The molecule has 0 bridgehead atoms. The molecule has 2 heterocycles. The van der Waals surface area contributed by atoms with Gasteiger partial charge in [0.05, 0.1) is 11.7 Å². The normalized spacial score (nSPS) is 21.9. The molecule has 1 N–H and O–H groups in total. The highest BCUT2D eigenvalue weighted by Gasteiger charge is 2.21. The van der Waals surface area contributed by atoms with E-state index in [1.165, 1.54) is 17.7 Å². The molecule has 1 atom stereocenters. The molecule has 0 radical (unpaired) electrons. The van der Waals surface area contributed by atoms with E-state index in [0.717, 1.165) is 13.0 Å². The second-order valence-corrected chi connectivity index (χ2v) is 3.20. The van der Waals surface area contributed by atoms with E-state index in [-0.39, 0.29) is 0 Å². The molecular weight excluding hydrogens is 148 g/mol. The Balaban J connectivity index is 2.27. The fourth-order valence-corrected chi connectivity index (χ4v) is 1.59. The second-order valence-electron chi connectivity index (χ2n) is 3.20. The van der Waals surface area contributed by atoms with Crippen molar-refractivity contribution in [3.8, 4) is 0 Å². The summed E-state index contributed by atoms with van der Waals surface area (Å²) in [5, 5.41) is 3.37. The summed E-state index contributed by atoms with van der Waals surface area (Å²) >= 11 is 0. The summed E-state index contributed by atoms with van der Waals surface area (Å²) in [6.07, 6.45) is 4.21. The van der Waals surface area contributed by atoms with Crippen molar-refractivity contribution in [3.05, 3.63) is 29.6 Å². The average Bonchev–Trinajstić information content (AvgIpc) is 2.02. The number of nitrogens with zero attached hydrogens (tertiary/aromatic N) is 1. The minimum atomic E-state index is 0.529. The number of hydrogen-bond acceptors (Lipinski definition) is 2. The maximum absolute atomic E-state index is 4.41. The Morgan fingerprint density at radius 2 is 2.50 bits per heavy atom. The van der Waals surface area contributed by atoms with Crippen LogP contribution in [-0.4, -0.2) is 11.5 Å². The van der Waals surface area contributed by atoms with Crippen molar-refractivity contribution in [3.63, 3.8) is 0 Å². The van der Waals surface area contributed by atoms with Gasteiger partial charge in [0.15, 0.2) is 0 Å². The molecule has 1 aromatic rings. The molecule has 1 aliphatic rings. The molecule has 0 aromatic carbocycles. The molecule has 1 aromatic heterocycles. The molecule has 0 aliphatic carbocycles. The third-order valence-corrected chi connectivity index (χ3v) is 2.46. The first-order chi connectivity index (χ1) is 5.92. The fourth-order valence-electron chi connectivity index (χ4n) is 1.59. The Morgan fingerprint density at radius 1 is 1.67 bits per heavy atom. The molecule has 2 heteroatoms. The van der Waals surface area contributed by atoms with Crippen LogP contribution in [0, 0.1) is 0 Å². The van der Waals surface area contributed by atoms with E-state index >= 15 is 0 Å². The average molecular weight is 162 g/mol. The zero-order valence-corrected chi connectivity index (χ0v) is 7.38. The van der Waals surface area contributed by atoms with Crippen molar-refractivity contribution in [2.75, 3.05) is 6.54 Å². The summed E-state index contributed by atoms with van der Waals surface area (Å²) in [7, 11) is 0. The van der Waals surface area contributed by atoms with Crippen LogP contribution in [0.2, 0.25) is 0 Å². The highest BCUT2D eigenvalue weighted by molar-refractivity contribution is 5.24. The van der Waals surface area contributed by atoms with Crippen LogP contribution in [0.5, 0.6) is 0 Å². The van der Waals surface area contributed by atoms with Crippen LogP contribution in [-0.2, 0) is 6.42 Å². The molecule has 2 nitrogen and oxygen atoms in total. The zero-order valence-electron chi connectivity index (χ0n) is 7.38. The number of nitrogens with one attached hydrogen (secondary N) is 1. The van der Waals surface area contributed by atoms with Crippen molar-refractivity contribution >= 4 is 0 Å². The summed E-state index contributed by atoms with van der Waals surface area (Å²) in [5.41, 5.74) is 2.64. The third kappa shape index (κ3) is 1.23. The maximum Gasteiger partial charge on any atom is 0.0605 e. The monoisotopic (exact) mass is 162 g/mol. The Bertz CT molecular complexity index is 266. The third-order valence-electron chi connectivity index (χ3n) is 2.46. The van der Waals surface area contributed by atoms with E-state index in [2.05, 4.69) is 23.3 Å². The largest absolute Gasteiger partial charge is 0.309 e. The molecule has 1 saturated heterocycles. The predicted molar refractivity (Wildman–Crippen MR) is 49.0 cm³/mol. The topological polar surface area (TPSA) is 24.9 Å². The molecule has 1 aliphatic heterocycles. The second kappa shape index (κ2) is 3.23. The van der Waals surface area contributed by atoms with Crippen LogP contribution in [0.3, 0.4) is 0 Å². The van der Waals surface area contributed by atoms with Gasteiger partial charge in [-0.2, -0.15) is 0 Å². The number of pyridine rings is 1. The molecule has 2 rings (SSSR count). The first-order valence-corrected chi connectivity index (χ1v) is 4.59. The van der Waals surface area contributed by atoms with Gasteiger partial charge in [0.25, 0.3) is 0 Å². The van der Waals surface area contributed by atoms with Gasteiger partial charge in [-0.15, -0.1) is 0 Å². The van der Waals surface area contributed by atoms with Crippen molar-refractivity contribution < 1.29 is 0 Å². The lowest BCUT2D eigenvalue weighted by Gasteiger charge is -2.28. The fraction of sp³-hybridized carbons (Fsp3) is 0.500. The number of aromatic nitrogens is 1. The van der Waals surface area contributed by atoms with E-state index in [1.807, 2.05) is 12.3 Å². The van der Waals surface area contributed by atoms with Crippen LogP contribution in [0.4, 0.5) is 0 Å². The smallest absolute Gasteiger partial charge is 0.0605 e. The van der Waals surface area contributed by atoms with E-state index in [9.17, 15) is 0 Å². The van der Waals surface area contributed by atoms with E-state index in [1.54, 1.807) is 0 Å². The predicted octanol–water partition coefficient (Wildman–Crippen LogP) is 1.68. The molecule has 0 amide bonds.